The Morgan fingerprint density at radius 1 is 0.923 bits per heavy atom. The molecule has 0 unspecified atom stereocenters. The van der Waals surface area contributed by atoms with Crippen molar-refractivity contribution in [3.05, 3.63) is 59.7 Å². The molecule has 1 fully saturated rings. The molecule has 1 aliphatic rings. The SMILES string of the molecule is Cc1ccc(NC(=O)CC(=O)N2CCN(c3ccccc3)CC2)cc1C. The molecular formula is C21H25N3O2. The van der Waals surface area contributed by atoms with Crippen LogP contribution in [-0.2, 0) is 9.59 Å². The van der Waals surface area contributed by atoms with E-state index in [1.54, 1.807) is 4.90 Å². The Hall–Kier alpha value is -2.82. The van der Waals surface area contributed by atoms with Crippen molar-refractivity contribution in [2.75, 3.05) is 36.4 Å². The normalized spacial score (nSPS) is 14.2. The zero-order valence-electron chi connectivity index (χ0n) is 15.4. The lowest BCUT2D eigenvalue weighted by molar-refractivity contribution is -0.134. The number of carbonyl (C=O) groups excluding carboxylic acids is 2. The number of benzene rings is 2. The van der Waals surface area contributed by atoms with Gasteiger partial charge in [0, 0.05) is 37.6 Å². The number of hydrogen-bond donors (Lipinski definition) is 1. The molecule has 0 radical (unpaired) electrons. The molecule has 0 spiro atoms. The molecule has 5 heteroatoms. The van der Waals surface area contributed by atoms with Crippen molar-refractivity contribution in [2.45, 2.75) is 20.3 Å². The van der Waals surface area contributed by atoms with E-state index in [1.807, 2.05) is 50.2 Å². The summed E-state index contributed by atoms with van der Waals surface area (Å²) in [5.41, 5.74) is 4.20. The molecule has 0 aliphatic carbocycles. The molecule has 1 aliphatic heterocycles. The van der Waals surface area contributed by atoms with Crippen LogP contribution in [0.1, 0.15) is 17.5 Å². The number of nitrogens with one attached hydrogen (secondary N) is 1. The van der Waals surface area contributed by atoms with E-state index in [1.165, 1.54) is 11.3 Å². The van der Waals surface area contributed by atoms with Gasteiger partial charge in [0.05, 0.1) is 0 Å². The van der Waals surface area contributed by atoms with E-state index in [0.717, 1.165) is 24.3 Å². The van der Waals surface area contributed by atoms with E-state index in [0.29, 0.717) is 13.1 Å². The highest BCUT2D eigenvalue weighted by atomic mass is 16.2. The van der Waals surface area contributed by atoms with Crippen LogP contribution >= 0.6 is 0 Å². The van der Waals surface area contributed by atoms with Crippen LogP contribution in [0.5, 0.6) is 0 Å². The molecule has 1 N–H and O–H groups in total. The highest BCUT2D eigenvalue weighted by Gasteiger charge is 2.23. The molecule has 26 heavy (non-hydrogen) atoms. The van der Waals surface area contributed by atoms with Crippen molar-refractivity contribution >= 4 is 23.2 Å². The van der Waals surface area contributed by atoms with Crippen molar-refractivity contribution < 1.29 is 9.59 Å². The smallest absolute Gasteiger partial charge is 0.233 e. The summed E-state index contributed by atoms with van der Waals surface area (Å²) in [7, 11) is 0. The number of rotatable bonds is 4. The summed E-state index contributed by atoms with van der Waals surface area (Å²) >= 11 is 0. The van der Waals surface area contributed by atoms with Gasteiger partial charge in [-0.25, -0.2) is 0 Å². The Morgan fingerprint density at radius 2 is 1.62 bits per heavy atom. The van der Waals surface area contributed by atoms with E-state index in [2.05, 4.69) is 22.3 Å². The maximum atomic E-state index is 12.4. The first-order chi connectivity index (χ1) is 12.5. The van der Waals surface area contributed by atoms with Crippen molar-refractivity contribution in [3.8, 4) is 0 Å². The maximum Gasteiger partial charge on any atom is 0.233 e. The number of amides is 2. The molecule has 0 saturated carbocycles. The Morgan fingerprint density at radius 3 is 2.27 bits per heavy atom. The third-order valence-corrected chi connectivity index (χ3v) is 4.86. The second-order valence-corrected chi connectivity index (χ2v) is 6.73. The minimum Gasteiger partial charge on any atom is -0.368 e. The molecule has 0 atom stereocenters. The van der Waals surface area contributed by atoms with E-state index in [-0.39, 0.29) is 18.2 Å². The number of piperazine rings is 1. The summed E-state index contributed by atoms with van der Waals surface area (Å²) in [5, 5.41) is 2.82. The quantitative estimate of drug-likeness (QED) is 0.862. The van der Waals surface area contributed by atoms with Crippen molar-refractivity contribution in [3.63, 3.8) is 0 Å². The fourth-order valence-corrected chi connectivity index (χ4v) is 3.13. The van der Waals surface area contributed by atoms with Gasteiger partial charge in [-0.2, -0.15) is 0 Å². The number of para-hydroxylation sites is 1. The number of hydrogen-bond acceptors (Lipinski definition) is 3. The standard InChI is InChI=1S/C21H25N3O2/c1-16-8-9-18(14-17(16)2)22-20(25)15-21(26)24-12-10-23(11-13-24)19-6-4-3-5-7-19/h3-9,14H,10-13,15H2,1-2H3,(H,22,25). The Balaban J connectivity index is 1.49. The molecule has 0 bridgehead atoms. The highest BCUT2D eigenvalue weighted by Crippen LogP contribution is 2.17. The predicted molar refractivity (Wildman–Crippen MR) is 104 cm³/mol. The van der Waals surface area contributed by atoms with Gasteiger partial charge in [-0.15, -0.1) is 0 Å². The topological polar surface area (TPSA) is 52.7 Å². The van der Waals surface area contributed by atoms with Gasteiger partial charge in [-0.1, -0.05) is 24.3 Å². The van der Waals surface area contributed by atoms with Crippen LogP contribution in [0.2, 0.25) is 0 Å². The average Bonchev–Trinajstić information content (AvgIpc) is 2.65. The van der Waals surface area contributed by atoms with Crippen LogP contribution < -0.4 is 10.2 Å². The molecule has 2 aromatic carbocycles. The van der Waals surface area contributed by atoms with Crippen LogP contribution in [0.25, 0.3) is 0 Å². The van der Waals surface area contributed by atoms with Gasteiger partial charge in [0.1, 0.15) is 6.42 Å². The molecule has 3 rings (SSSR count). The molecule has 0 aromatic heterocycles. The third kappa shape index (κ3) is 4.42. The first kappa shape index (κ1) is 18.0. The van der Waals surface area contributed by atoms with Crippen LogP contribution in [0, 0.1) is 13.8 Å². The van der Waals surface area contributed by atoms with E-state index in [4.69, 9.17) is 0 Å². The largest absolute Gasteiger partial charge is 0.368 e. The highest BCUT2D eigenvalue weighted by molar-refractivity contribution is 6.03. The Kier molecular flexibility index (Phi) is 5.56. The molecule has 1 saturated heterocycles. The van der Waals surface area contributed by atoms with Gasteiger partial charge in [0.25, 0.3) is 0 Å². The third-order valence-electron chi connectivity index (χ3n) is 4.86. The zero-order valence-corrected chi connectivity index (χ0v) is 15.4. The van der Waals surface area contributed by atoms with Gasteiger partial charge < -0.3 is 15.1 Å². The average molecular weight is 351 g/mol. The van der Waals surface area contributed by atoms with Crippen molar-refractivity contribution in [2.24, 2.45) is 0 Å². The van der Waals surface area contributed by atoms with Crippen LogP contribution in [0.3, 0.4) is 0 Å². The zero-order chi connectivity index (χ0) is 18.5. The van der Waals surface area contributed by atoms with Crippen molar-refractivity contribution in [1.82, 2.24) is 4.90 Å². The minimum atomic E-state index is -0.260. The summed E-state index contributed by atoms with van der Waals surface area (Å²) in [5.74, 6) is -0.372. The first-order valence-corrected chi connectivity index (χ1v) is 8.98. The van der Waals surface area contributed by atoms with Crippen molar-refractivity contribution in [1.29, 1.82) is 0 Å². The fraction of sp³-hybridized carbons (Fsp3) is 0.333. The monoisotopic (exact) mass is 351 g/mol. The Labute approximate surface area is 154 Å². The summed E-state index contributed by atoms with van der Waals surface area (Å²) in [6, 6.07) is 15.9. The Bertz CT molecular complexity index is 781. The van der Waals surface area contributed by atoms with Crippen LogP contribution in [0.15, 0.2) is 48.5 Å². The van der Waals surface area contributed by atoms with Gasteiger partial charge >= 0.3 is 0 Å². The van der Waals surface area contributed by atoms with E-state index in [9.17, 15) is 9.59 Å². The summed E-state index contributed by atoms with van der Waals surface area (Å²) in [4.78, 5) is 28.6. The summed E-state index contributed by atoms with van der Waals surface area (Å²) in [6.07, 6.45) is -0.113. The molecule has 2 amide bonds. The second kappa shape index (κ2) is 8.04. The fourth-order valence-electron chi connectivity index (χ4n) is 3.13. The van der Waals surface area contributed by atoms with Gasteiger partial charge in [0.15, 0.2) is 0 Å². The molecule has 136 valence electrons. The number of nitrogens with zero attached hydrogens (tertiary/aromatic N) is 2. The summed E-state index contributed by atoms with van der Waals surface area (Å²) in [6.45, 7) is 6.89. The molecule has 2 aromatic rings. The van der Waals surface area contributed by atoms with Gasteiger partial charge in [-0.05, 0) is 49.2 Å². The lowest BCUT2D eigenvalue weighted by Crippen LogP contribution is -2.49. The van der Waals surface area contributed by atoms with E-state index < -0.39 is 0 Å². The second-order valence-electron chi connectivity index (χ2n) is 6.73. The minimum absolute atomic E-state index is 0.112. The number of carbonyl (C=O) groups is 2. The molecule has 1 heterocycles. The van der Waals surface area contributed by atoms with Gasteiger partial charge in [-0.3, -0.25) is 9.59 Å². The lowest BCUT2D eigenvalue weighted by atomic mass is 10.1. The number of aryl methyl sites for hydroxylation is 2. The lowest BCUT2D eigenvalue weighted by Gasteiger charge is -2.36. The number of anilines is 2. The van der Waals surface area contributed by atoms with E-state index >= 15 is 0 Å². The van der Waals surface area contributed by atoms with Crippen LogP contribution in [-0.4, -0.2) is 42.9 Å². The molecular weight excluding hydrogens is 326 g/mol. The molecule has 5 nitrogen and oxygen atoms in total. The summed E-state index contributed by atoms with van der Waals surface area (Å²) < 4.78 is 0. The van der Waals surface area contributed by atoms with Gasteiger partial charge in [0.2, 0.25) is 11.8 Å². The van der Waals surface area contributed by atoms with Crippen LogP contribution in [0.4, 0.5) is 11.4 Å². The first-order valence-electron chi connectivity index (χ1n) is 8.98. The predicted octanol–water partition coefficient (Wildman–Crippen LogP) is 2.98. The maximum absolute atomic E-state index is 12.4.